The molecule has 4 rings (SSSR count). The lowest BCUT2D eigenvalue weighted by Crippen LogP contribution is -2.35. The first kappa shape index (κ1) is 23.1. The van der Waals surface area contributed by atoms with Crippen molar-refractivity contribution in [2.75, 3.05) is 6.54 Å². The Labute approximate surface area is 204 Å². The average Bonchev–Trinajstić information content (AvgIpc) is 2.83. The van der Waals surface area contributed by atoms with Crippen molar-refractivity contribution in [1.82, 2.24) is 5.01 Å². The van der Waals surface area contributed by atoms with Crippen molar-refractivity contribution in [2.45, 2.75) is 31.1 Å². The summed E-state index contributed by atoms with van der Waals surface area (Å²) in [4.78, 5) is 5.53. The largest absolute Gasteiger partial charge is 0.387 e. The third-order valence-electron chi connectivity index (χ3n) is 5.29. The number of nitrogens with two attached hydrogens (primary N) is 1. The number of amidine groups is 1. The van der Waals surface area contributed by atoms with Gasteiger partial charge in [0.15, 0.2) is 0 Å². The third kappa shape index (κ3) is 6.03. The Balaban J connectivity index is 1.71. The second-order valence-electron chi connectivity index (χ2n) is 7.92. The van der Waals surface area contributed by atoms with Gasteiger partial charge in [0.05, 0.1) is 11.5 Å². The van der Waals surface area contributed by atoms with Crippen LogP contribution in [0.25, 0.3) is 0 Å². The average molecular weight is 476 g/mol. The highest BCUT2D eigenvalue weighted by molar-refractivity contribution is 7.98. The smallest absolute Gasteiger partial charge is 0.255 e. The Kier molecular flexibility index (Phi) is 7.47. The van der Waals surface area contributed by atoms with Crippen molar-refractivity contribution in [3.05, 3.63) is 101 Å². The molecule has 1 atom stereocenters. The van der Waals surface area contributed by atoms with E-state index in [-0.39, 0.29) is 5.92 Å². The number of hydrogen-bond donors (Lipinski definition) is 1. The lowest BCUT2D eigenvalue weighted by atomic mass is 9.86. The topological polar surface area (TPSA) is 66.3 Å². The summed E-state index contributed by atoms with van der Waals surface area (Å²) in [5.74, 6) is 1.09. The lowest BCUT2D eigenvalue weighted by Gasteiger charge is -2.30. The Bertz CT molecular complexity index is 1170. The zero-order chi connectivity index (χ0) is 23.2. The minimum atomic E-state index is 0.164. The molecule has 0 fully saturated rings. The van der Waals surface area contributed by atoms with E-state index in [1.165, 1.54) is 23.1 Å². The van der Waals surface area contributed by atoms with Crippen LogP contribution in [-0.4, -0.2) is 29.1 Å². The van der Waals surface area contributed by atoms with E-state index in [1.54, 1.807) is 6.92 Å². The predicted molar refractivity (Wildman–Crippen MR) is 140 cm³/mol. The molecule has 7 heteroatoms. The number of hydrazone groups is 1. The van der Waals surface area contributed by atoms with Crippen molar-refractivity contribution < 1.29 is 0 Å². The fourth-order valence-electron chi connectivity index (χ4n) is 3.65. The molecule has 0 amide bonds. The first-order chi connectivity index (χ1) is 16.0. The summed E-state index contributed by atoms with van der Waals surface area (Å²) in [5.41, 5.74) is 10.4. The first-order valence-electron chi connectivity index (χ1n) is 10.8. The van der Waals surface area contributed by atoms with Gasteiger partial charge in [-0.25, -0.2) is 5.01 Å². The van der Waals surface area contributed by atoms with E-state index in [2.05, 4.69) is 48.3 Å². The summed E-state index contributed by atoms with van der Waals surface area (Å²) in [6, 6.07) is 26.5. The zero-order valence-corrected chi connectivity index (χ0v) is 20.2. The van der Waals surface area contributed by atoms with Crippen LogP contribution in [0.3, 0.4) is 0 Å². The van der Waals surface area contributed by atoms with Gasteiger partial charge in [0.1, 0.15) is 0 Å². The van der Waals surface area contributed by atoms with Crippen LogP contribution in [0.15, 0.2) is 98.2 Å². The Hall–Kier alpha value is -3.09. The second-order valence-corrected chi connectivity index (χ2v) is 9.19. The van der Waals surface area contributed by atoms with Crippen LogP contribution in [0.2, 0.25) is 5.02 Å². The van der Waals surface area contributed by atoms with Gasteiger partial charge in [0.25, 0.3) is 5.96 Å². The number of halogens is 1. The standard InChI is InChI=1S/C26H26ClN5S/c1-18-8-14-23(15-9-18)33-31-26(29-19(2)28)32-17-16-24(20-6-4-3-5-7-20)25(30-32)21-10-12-22(27)13-11-21/h3-15,24H,16-17H2,1-2H3,(H2,28,29,31). The molecule has 3 aromatic carbocycles. The van der Waals surface area contributed by atoms with Gasteiger partial charge in [-0.05, 0) is 55.7 Å². The van der Waals surface area contributed by atoms with Crippen molar-refractivity contribution >= 4 is 41.1 Å². The molecule has 33 heavy (non-hydrogen) atoms. The van der Waals surface area contributed by atoms with Gasteiger partial charge in [-0.2, -0.15) is 14.5 Å². The maximum atomic E-state index is 6.15. The van der Waals surface area contributed by atoms with Gasteiger partial charge in [-0.15, -0.1) is 0 Å². The predicted octanol–water partition coefficient (Wildman–Crippen LogP) is 6.28. The second kappa shape index (κ2) is 10.7. The molecule has 168 valence electrons. The molecule has 0 bridgehead atoms. The van der Waals surface area contributed by atoms with Crippen molar-refractivity contribution in [3.8, 4) is 0 Å². The highest BCUT2D eigenvalue weighted by Crippen LogP contribution is 2.31. The van der Waals surface area contributed by atoms with Gasteiger partial charge in [-0.1, -0.05) is 71.8 Å². The summed E-state index contributed by atoms with van der Waals surface area (Å²) >= 11 is 7.51. The number of aliphatic imine (C=N–C) groups is 1. The quantitative estimate of drug-likeness (QED) is 0.274. The highest BCUT2D eigenvalue weighted by atomic mass is 35.5. The van der Waals surface area contributed by atoms with Crippen LogP contribution in [0.4, 0.5) is 0 Å². The fourth-order valence-corrected chi connectivity index (χ4v) is 4.35. The minimum absolute atomic E-state index is 0.164. The van der Waals surface area contributed by atoms with Gasteiger partial charge < -0.3 is 5.73 Å². The molecule has 0 spiro atoms. The van der Waals surface area contributed by atoms with E-state index in [0.29, 0.717) is 23.4 Å². The molecule has 1 unspecified atom stereocenters. The molecule has 0 radical (unpaired) electrons. The van der Waals surface area contributed by atoms with Crippen LogP contribution < -0.4 is 5.73 Å². The maximum absolute atomic E-state index is 6.15. The SMILES string of the molecule is C/C(N)=N\C(=N\Sc1ccc(C)cc1)N1CCC(c2ccccc2)C(c2ccc(Cl)cc2)=N1. The van der Waals surface area contributed by atoms with Gasteiger partial charge >= 0.3 is 0 Å². The van der Waals surface area contributed by atoms with E-state index in [0.717, 1.165) is 22.6 Å². The summed E-state index contributed by atoms with van der Waals surface area (Å²) < 4.78 is 4.69. The number of hydrogen-bond acceptors (Lipinski definition) is 3. The Morgan fingerprint density at radius 1 is 1.03 bits per heavy atom. The molecule has 0 aliphatic carbocycles. The minimum Gasteiger partial charge on any atom is -0.387 e. The fraction of sp³-hybridized carbons (Fsp3) is 0.192. The van der Waals surface area contributed by atoms with E-state index in [9.17, 15) is 0 Å². The summed E-state index contributed by atoms with van der Waals surface area (Å²) in [7, 11) is 0. The summed E-state index contributed by atoms with van der Waals surface area (Å²) in [5, 5.41) is 7.57. The number of guanidine groups is 1. The highest BCUT2D eigenvalue weighted by Gasteiger charge is 2.28. The molecule has 3 aromatic rings. The monoisotopic (exact) mass is 475 g/mol. The van der Waals surface area contributed by atoms with Crippen LogP contribution in [-0.2, 0) is 0 Å². The molecule has 0 saturated heterocycles. The molecule has 1 aliphatic heterocycles. The zero-order valence-electron chi connectivity index (χ0n) is 18.6. The van der Waals surface area contributed by atoms with Crippen LogP contribution in [0.5, 0.6) is 0 Å². The number of aryl methyl sites for hydroxylation is 1. The third-order valence-corrected chi connectivity index (χ3v) is 6.28. The lowest BCUT2D eigenvalue weighted by molar-refractivity contribution is 0.400. The molecular weight excluding hydrogens is 450 g/mol. The Morgan fingerprint density at radius 3 is 2.39 bits per heavy atom. The van der Waals surface area contributed by atoms with Crippen molar-refractivity contribution in [1.29, 1.82) is 0 Å². The molecule has 1 heterocycles. The number of benzene rings is 3. The van der Waals surface area contributed by atoms with E-state index >= 15 is 0 Å². The molecule has 2 N–H and O–H groups in total. The van der Waals surface area contributed by atoms with Crippen LogP contribution >= 0.6 is 23.5 Å². The molecular formula is C26H26ClN5S. The maximum Gasteiger partial charge on any atom is 0.255 e. The Morgan fingerprint density at radius 2 is 1.73 bits per heavy atom. The van der Waals surface area contributed by atoms with Gasteiger partial charge in [0, 0.05) is 34.3 Å². The summed E-state index contributed by atoms with van der Waals surface area (Å²) in [6.45, 7) is 4.50. The van der Waals surface area contributed by atoms with Gasteiger partial charge in [0.2, 0.25) is 0 Å². The van der Waals surface area contributed by atoms with E-state index in [4.69, 9.17) is 26.8 Å². The van der Waals surface area contributed by atoms with Gasteiger partial charge in [-0.3, -0.25) is 0 Å². The van der Waals surface area contributed by atoms with Crippen molar-refractivity contribution in [3.63, 3.8) is 0 Å². The van der Waals surface area contributed by atoms with Crippen LogP contribution in [0, 0.1) is 6.92 Å². The first-order valence-corrected chi connectivity index (χ1v) is 11.9. The number of nitrogens with zero attached hydrogens (tertiary/aromatic N) is 4. The molecule has 1 aliphatic rings. The normalized spacial score (nSPS) is 17.1. The summed E-state index contributed by atoms with van der Waals surface area (Å²) in [6.07, 6.45) is 0.874. The number of rotatable bonds is 4. The van der Waals surface area contributed by atoms with Crippen molar-refractivity contribution in [2.24, 2.45) is 20.2 Å². The van der Waals surface area contributed by atoms with Crippen LogP contribution in [0.1, 0.15) is 36.0 Å². The van der Waals surface area contributed by atoms with E-state index in [1.807, 2.05) is 47.5 Å². The molecule has 0 aromatic heterocycles. The van der Waals surface area contributed by atoms with E-state index < -0.39 is 0 Å². The molecule has 0 saturated carbocycles. The molecule has 5 nitrogen and oxygen atoms in total.